The van der Waals surface area contributed by atoms with Crippen LogP contribution < -0.4 is 5.73 Å². The van der Waals surface area contributed by atoms with Gasteiger partial charge in [0.15, 0.2) is 15.7 Å². The fourth-order valence-electron chi connectivity index (χ4n) is 2.95. The van der Waals surface area contributed by atoms with E-state index in [2.05, 4.69) is 10.1 Å². The van der Waals surface area contributed by atoms with Gasteiger partial charge in [0.1, 0.15) is 0 Å². The van der Waals surface area contributed by atoms with Crippen molar-refractivity contribution in [1.29, 1.82) is 0 Å². The van der Waals surface area contributed by atoms with E-state index in [0.717, 1.165) is 19.3 Å². The van der Waals surface area contributed by atoms with Gasteiger partial charge in [0.05, 0.1) is 11.5 Å². The Morgan fingerprint density at radius 2 is 2.21 bits per heavy atom. The first-order chi connectivity index (χ1) is 9.02. The van der Waals surface area contributed by atoms with E-state index in [-0.39, 0.29) is 22.8 Å². The summed E-state index contributed by atoms with van der Waals surface area (Å²) in [7, 11) is -2.91. The molecule has 0 bridgehead atoms. The van der Waals surface area contributed by atoms with Crippen LogP contribution in [0, 0.1) is 5.41 Å². The van der Waals surface area contributed by atoms with Gasteiger partial charge in [-0.05, 0) is 31.2 Å². The first kappa shape index (κ1) is 13.1. The lowest BCUT2D eigenvalue weighted by molar-refractivity contribution is 0.129. The Hall–Kier alpha value is -0.950. The van der Waals surface area contributed by atoms with Gasteiger partial charge in [-0.1, -0.05) is 11.6 Å². The smallest absolute Gasteiger partial charge is 0.227 e. The van der Waals surface area contributed by atoms with Crippen molar-refractivity contribution < 1.29 is 12.9 Å². The Bertz CT molecular complexity index is 557. The van der Waals surface area contributed by atoms with E-state index >= 15 is 0 Å². The maximum absolute atomic E-state index is 11.4. The number of aromatic nitrogens is 2. The maximum Gasteiger partial charge on any atom is 0.227 e. The highest BCUT2D eigenvalue weighted by molar-refractivity contribution is 7.91. The van der Waals surface area contributed by atoms with Gasteiger partial charge in [-0.3, -0.25) is 0 Å². The molecule has 1 saturated carbocycles. The van der Waals surface area contributed by atoms with Crippen LogP contribution in [0.25, 0.3) is 0 Å². The summed E-state index contributed by atoms with van der Waals surface area (Å²) >= 11 is 0. The molecule has 1 aromatic heterocycles. The lowest BCUT2D eigenvalue weighted by atomic mass is 9.67. The summed E-state index contributed by atoms with van der Waals surface area (Å²) < 4.78 is 28.2. The van der Waals surface area contributed by atoms with Crippen LogP contribution in [0.5, 0.6) is 0 Å². The lowest BCUT2D eigenvalue weighted by Gasteiger charge is -2.39. The Kier molecular flexibility index (Phi) is 3.13. The summed E-state index contributed by atoms with van der Waals surface area (Å²) in [6, 6.07) is 0. The molecule has 0 radical (unpaired) electrons. The largest absolute Gasteiger partial charge is 0.339 e. The molecular weight excluding hydrogens is 266 g/mol. The van der Waals surface area contributed by atoms with Crippen LogP contribution in [-0.2, 0) is 16.3 Å². The van der Waals surface area contributed by atoms with Crippen LogP contribution in [0.3, 0.4) is 0 Å². The van der Waals surface area contributed by atoms with Gasteiger partial charge in [0.25, 0.3) is 0 Å². The van der Waals surface area contributed by atoms with Gasteiger partial charge >= 0.3 is 0 Å². The van der Waals surface area contributed by atoms with Crippen LogP contribution in [0.2, 0.25) is 0 Å². The molecule has 0 aromatic carbocycles. The summed E-state index contributed by atoms with van der Waals surface area (Å²) in [5.41, 5.74) is 5.94. The van der Waals surface area contributed by atoms with E-state index in [0.29, 0.717) is 24.7 Å². The van der Waals surface area contributed by atoms with Gasteiger partial charge in [-0.2, -0.15) is 4.98 Å². The van der Waals surface area contributed by atoms with Crippen molar-refractivity contribution in [2.75, 3.05) is 18.1 Å². The molecule has 1 unspecified atom stereocenters. The van der Waals surface area contributed by atoms with E-state index in [1.54, 1.807) is 0 Å². The molecule has 1 aliphatic heterocycles. The molecule has 2 N–H and O–H groups in total. The molecule has 2 heterocycles. The van der Waals surface area contributed by atoms with E-state index in [9.17, 15) is 8.42 Å². The normalized spacial score (nSPS) is 28.2. The molecule has 0 amide bonds. The minimum atomic E-state index is -2.91. The second-order valence-corrected chi connectivity index (χ2v) is 8.11. The first-order valence-corrected chi connectivity index (χ1v) is 8.57. The van der Waals surface area contributed by atoms with Gasteiger partial charge < -0.3 is 10.3 Å². The third kappa shape index (κ3) is 2.53. The van der Waals surface area contributed by atoms with Crippen molar-refractivity contribution >= 4 is 9.84 Å². The average molecular weight is 285 g/mol. The van der Waals surface area contributed by atoms with Crippen molar-refractivity contribution in [3.63, 3.8) is 0 Å². The predicted octanol–water partition coefficient (Wildman–Crippen LogP) is 0.643. The Labute approximate surface area is 112 Å². The van der Waals surface area contributed by atoms with Crippen molar-refractivity contribution in [2.45, 2.75) is 38.0 Å². The summed E-state index contributed by atoms with van der Waals surface area (Å²) in [5, 5.41) is 3.95. The molecule has 0 spiro atoms. The summed E-state index contributed by atoms with van der Waals surface area (Å²) in [6.45, 7) is 0.641. The van der Waals surface area contributed by atoms with Crippen molar-refractivity contribution in [1.82, 2.24) is 10.1 Å². The van der Waals surface area contributed by atoms with Crippen LogP contribution in [0.4, 0.5) is 0 Å². The van der Waals surface area contributed by atoms with Gasteiger partial charge in [-0.15, -0.1) is 0 Å². The lowest BCUT2D eigenvalue weighted by Crippen LogP contribution is -2.39. The fourth-order valence-corrected chi connectivity index (χ4v) is 4.69. The summed E-state index contributed by atoms with van der Waals surface area (Å²) in [4.78, 5) is 4.37. The van der Waals surface area contributed by atoms with Crippen LogP contribution in [0.1, 0.15) is 43.3 Å². The van der Waals surface area contributed by atoms with Crippen molar-refractivity contribution in [3.05, 3.63) is 11.7 Å². The van der Waals surface area contributed by atoms with Crippen LogP contribution >= 0.6 is 0 Å². The highest BCUT2D eigenvalue weighted by Crippen LogP contribution is 2.42. The SMILES string of the molecule is NCC1(Cc2nc(C3CCS(=O)(=O)C3)no2)CCC1. The highest BCUT2D eigenvalue weighted by Gasteiger charge is 2.38. The Morgan fingerprint density at radius 3 is 2.74 bits per heavy atom. The topological polar surface area (TPSA) is 99.1 Å². The molecule has 2 aliphatic rings. The fraction of sp³-hybridized carbons (Fsp3) is 0.833. The summed E-state index contributed by atoms with van der Waals surface area (Å²) in [6.07, 6.45) is 4.75. The third-order valence-corrected chi connectivity index (χ3v) is 6.22. The zero-order valence-corrected chi connectivity index (χ0v) is 11.7. The van der Waals surface area contributed by atoms with Gasteiger partial charge in [0.2, 0.25) is 5.89 Å². The van der Waals surface area contributed by atoms with Crippen molar-refractivity contribution in [2.24, 2.45) is 11.1 Å². The number of nitrogens with zero attached hydrogens (tertiary/aromatic N) is 2. The first-order valence-electron chi connectivity index (χ1n) is 6.75. The number of nitrogens with two attached hydrogens (primary N) is 1. The van der Waals surface area contributed by atoms with Gasteiger partial charge in [0, 0.05) is 12.3 Å². The standard InChI is InChI=1S/C12H19N3O3S/c13-8-12(3-1-4-12)6-10-14-11(15-18-10)9-2-5-19(16,17)7-9/h9H,1-8,13H2. The zero-order chi connectivity index (χ0) is 13.5. The highest BCUT2D eigenvalue weighted by atomic mass is 32.2. The summed E-state index contributed by atoms with van der Waals surface area (Å²) in [5.74, 6) is 1.42. The maximum atomic E-state index is 11.4. The van der Waals surface area contributed by atoms with E-state index in [4.69, 9.17) is 10.3 Å². The second-order valence-electron chi connectivity index (χ2n) is 5.88. The zero-order valence-electron chi connectivity index (χ0n) is 10.8. The molecule has 1 saturated heterocycles. The molecule has 1 aliphatic carbocycles. The van der Waals surface area contributed by atoms with E-state index in [1.165, 1.54) is 6.42 Å². The molecule has 7 heteroatoms. The quantitative estimate of drug-likeness (QED) is 0.871. The monoisotopic (exact) mass is 285 g/mol. The minimum absolute atomic E-state index is 0.0993. The van der Waals surface area contributed by atoms with Crippen molar-refractivity contribution in [3.8, 4) is 0 Å². The Balaban J connectivity index is 1.70. The number of sulfone groups is 1. The van der Waals surface area contributed by atoms with Crippen LogP contribution in [-0.4, -0.2) is 36.6 Å². The van der Waals surface area contributed by atoms with Crippen LogP contribution in [0.15, 0.2) is 4.52 Å². The average Bonchev–Trinajstić information content (AvgIpc) is 2.90. The second kappa shape index (κ2) is 4.56. The molecule has 1 atom stereocenters. The molecular formula is C12H19N3O3S. The minimum Gasteiger partial charge on any atom is -0.339 e. The Morgan fingerprint density at radius 1 is 1.42 bits per heavy atom. The molecule has 3 rings (SSSR count). The molecule has 1 aromatic rings. The molecule has 2 fully saturated rings. The third-order valence-electron chi connectivity index (χ3n) is 4.45. The number of hydrogen-bond acceptors (Lipinski definition) is 6. The molecule has 6 nitrogen and oxygen atoms in total. The predicted molar refractivity (Wildman–Crippen MR) is 69.4 cm³/mol. The van der Waals surface area contributed by atoms with E-state index in [1.807, 2.05) is 0 Å². The number of hydrogen-bond donors (Lipinski definition) is 1. The van der Waals surface area contributed by atoms with Gasteiger partial charge in [-0.25, -0.2) is 8.42 Å². The molecule has 19 heavy (non-hydrogen) atoms. The van der Waals surface area contributed by atoms with E-state index < -0.39 is 9.84 Å². The molecule has 106 valence electrons. The number of rotatable bonds is 4.